The molecule has 0 aliphatic carbocycles. The van der Waals surface area contributed by atoms with Crippen LogP contribution in [0.25, 0.3) is 0 Å². The van der Waals surface area contributed by atoms with Crippen LogP contribution >= 0.6 is 0 Å². The average Bonchev–Trinajstić information content (AvgIpc) is 2.60. The molecule has 0 amide bonds. The number of benzene rings is 2. The molecule has 2 aromatic rings. The first-order valence-electron chi connectivity index (χ1n) is 8.14. The highest BCUT2D eigenvalue weighted by atomic mass is 32.2. The van der Waals surface area contributed by atoms with Gasteiger partial charge in [-0.15, -0.1) is 0 Å². The van der Waals surface area contributed by atoms with Crippen LogP contribution < -0.4 is 9.92 Å². The number of rotatable bonds is 8. The molecule has 0 fully saturated rings. The van der Waals surface area contributed by atoms with Gasteiger partial charge in [0.1, 0.15) is 5.75 Å². The van der Waals surface area contributed by atoms with Gasteiger partial charge in [0.2, 0.25) is 0 Å². The predicted octanol–water partition coefficient (Wildman–Crippen LogP) is 2.24. The van der Waals surface area contributed by atoms with Crippen LogP contribution in [0.2, 0.25) is 0 Å². The Morgan fingerprint density at radius 2 is 1.69 bits per heavy atom. The van der Waals surface area contributed by atoms with Gasteiger partial charge in [0, 0.05) is 12.0 Å². The first-order chi connectivity index (χ1) is 12.3. The van der Waals surface area contributed by atoms with Crippen molar-refractivity contribution in [3.63, 3.8) is 0 Å². The molecule has 0 aromatic heterocycles. The van der Waals surface area contributed by atoms with Crippen LogP contribution in [0.4, 0.5) is 0 Å². The maximum Gasteiger partial charge on any atom is 0.307 e. The Kier molecular flexibility index (Phi) is 6.76. The van der Waals surface area contributed by atoms with Crippen molar-refractivity contribution in [2.75, 3.05) is 13.4 Å². The highest BCUT2D eigenvalue weighted by molar-refractivity contribution is 7.86. The first kappa shape index (κ1) is 19.9. The average molecular weight is 377 g/mol. The summed E-state index contributed by atoms with van der Waals surface area (Å²) in [4.78, 5) is 11.6. The Balaban J connectivity index is 2.25. The van der Waals surface area contributed by atoms with Crippen LogP contribution in [0.1, 0.15) is 23.5 Å². The number of esters is 1. The zero-order valence-electron chi connectivity index (χ0n) is 14.8. The van der Waals surface area contributed by atoms with Crippen molar-refractivity contribution in [3.8, 4) is 5.75 Å². The number of hydrogen-bond donors (Lipinski definition) is 1. The van der Waals surface area contributed by atoms with Crippen molar-refractivity contribution in [3.05, 3.63) is 65.7 Å². The SMILES string of the molecule is COC(=O)CC(N)C(Cc1ccccc1)c1ccc(OS(C)(=O)=O)cc1. The monoisotopic (exact) mass is 377 g/mol. The van der Waals surface area contributed by atoms with Gasteiger partial charge in [-0.1, -0.05) is 42.5 Å². The zero-order chi connectivity index (χ0) is 19.2. The smallest absolute Gasteiger partial charge is 0.307 e. The van der Waals surface area contributed by atoms with Crippen molar-refractivity contribution < 1.29 is 22.1 Å². The molecule has 0 radical (unpaired) electrons. The number of nitrogens with two attached hydrogens (primary N) is 1. The van der Waals surface area contributed by atoms with Crippen molar-refractivity contribution in [1.29, 1.82) is 0 Å². The van der Waals surface area contributed by atoms with Crippen molar-refractivity contribution in [2.24, 2.45) is 5.73 Å². The van der Waals surface area contributed by atoms with Gasteiger partial charge in [0.05, 0.1) is 19.8 Å². The Bertz CT molecular complexity index is 819. The number of ether oxygens (including phenoxy) is 1. The van der Waals surface area contributed by atoms with E-state index in [1.54, 1.807) is 24.3 Å². The van der Waals surface area contributed by atoms with E-state index in [9.17, 15) is 13.2 Å². The number of methoxy groups -OCH3 is 1. The fraction of sp³-hybridized carbons (Fsp3) is 0.316. The van der Waals surface area contributed by atoms with E-state index in [0.29, 0.717) is 6.42 Å². The van der Waals surface area contributed by atoms with E-state index in [2.05, 4.69) is 0 Å². The molecule has 0 heterocycles. The fourth-order valence-corrected chi connectivity index (χ4v) is 3.21. The Labute approximate surface area is 154 Å². The largest absolute Gasteiger partial charge is 0.469 e. The van der Waals surface area contributed by atoms with E-state index >= 15 is 0 Å². The van der Waals surface area contributed by atoms with Crippen molar-refractivity contribution >= 4 is 16.1 Å². The molecule has 0 aliphatic heterocycles. The van der Waals surface area contributed by atoms with E-state index in [0.717, 1.165) is 17.4 Å². The van der Waals surface area contributed by atoms with Gasteiger partial charge in [-0.25, -0.2) is 0 Å². The summed E-state index contributed by atoms with van der Waals surface area (Å²) >= 11 is 0. The second kappa shape index (κ2) is 8.82. The highest BCUT2D eigenvalue weighted by Gasteiger charge is 2.23. The van der Waals surface area contributed by atoms with Crippen molar-refractivity contribution in [1.82, 2.24) is 0 Å². The van der Waals surface area contributed by atoms with Gasteiger partial charge in [-0.2, -0.15) is 8.42 Å². The van der Waals surface area contributed by atoms with Crippen LogP contribution in [-0.2, 0) is 26.1 Å². The molecule has 0 spiro atoms. The molecule has 0 saturated carbocycles. The van der Waals surface area contributed by atoms with Crippen LogP contribution in [0, 0.1) is 0 Å². The predicted molar refractivity (Wildman–Crippen MR) is 99.4 cm³/mol. The lowest BCUT2D eigenvalue weighted by atomic mass is 9.85. The van der Waals surface area contributed by atoms with E-state index in [4.69, 9.17) is 14.7 Å². The summed E-state index contributed by atoms with van der Waals surface area (Å²) in [5.74, 6) is -0.271. The molecule has 0 aliphatic rings. The van der Waals surface area contributed by atoms with Crippen LogP contribution in [0.5, 0.6) is 5.75 Å². The molecule has 0 saturated heterocycles. The minimum Gasteiger partial charge on any atom is -0.469 e. The maximum atomic E-state index is 11.6. The molecule has 2 N–H and O–H groups in total. The lowest BCUT2D eigenvalue weighted by molar-refractivity contribution is -0.141. The Morgan fingerprint density at radius 3 is 2.23 bits per heavy atom. The minimum absolute atomic E-state index is 0.0928. The molecule has 2 atom stereocenters. The molecule has 0 bridgehead atoms. The second-order valence-corrected chi connectivity index (χ2v) is 7.67. The highest BCUT2D eigenvalue weighted by Crippen LogP contribution is 2.27. The third-order valence-electron chi connectivity index (χ3n) is 4.00. The van der Waals surface area contributed by atoms with Crippen LogP contribution in [0.15, 0.2) is 54.6 Å². The summed E-state index contributed by atoms with van der Waals surface area (Å²) in [5.41, 5.74) is 8.27. The molecular formula is C19H23NO5S. The first-order valence-corrected chi connectivity index (χ1v) is 9.96. The lowest BCUT2D eigenvalue weighted by Crippen LogP contribution is -2.32. The van der Waals surface area contributed by atoms with Crippen LogP contribution in [-0.4, -0.2) is 33.8 Å². The topological polar surface area (TPSA) is 95.7 Å². The van der Waals surface area contributed by atoms with Gasteiger partial charge in [0.15, 0.2) is 0 Å². The van der Waals surface area contributed by atoms with Gasteiger partial charge in [0.25, 0.3) is 0 Å². The molecule has 2 unspecified atom stereocenters. The molecule has 6 nitrogen and oxygen atoms in total. The zero-order valence-corrected chi connectivity index (χ0v) is 15.6. The van der Waals surface area contributed by atoms with E-state index in [-0.39, 0.29) is 24.1 Å². The number of carbonyl (C=O) groups excluding carboxylic acids is 1. The van der Waals surface area contributed by atoms with Crippen molar-refractivity contribution in [2.45, 2.75) is 24.8 Å². The number of carbonyl (C=O) groups is 1. The molecule has 7 heteroatoms. The van der Waals surface area contributed by atoms with Gasteiger partial charge < -0.3 is 14.7 Å². The van der Waals surface area contributed by atoms with E-state index in [1.807, 2.05) is 30.3 Å². The summed E-state index contributed by atoms with van der Waals surface area (Å²) in [7, 11) is -2.25. The van der Waals surface area contributed by atoms with E-state index < -0.39 is 16.2 Å². The standard InChI is InChI=1S/C19H23NO5S/c1-24-19(21)13-18(20)17(12-14-6-4-3-5-7-14)15-8-10-16(11-9-15)25-26(2,22)23/h3-11,17-18H,12-13,20H2,1-2H3. The third kappa shape index (κ3) is 6.16. The molecule has 2 aromatic carbocycles. The quantitative estimate of drug-likeness (QED) is 0.560. The van der Waals surface area contributed by atoms with Gasteiger partial charge >= 0.3 is 16.1 Å². The molecule has 26 heavy (non-hydrogen) atoms. The normalized spacial score (nSPS) is 13.7. The third-order valence-corrected chi connectivity index (χ3v) is 4.50. The summed E-state index contributed by atoms with van der Waals surface area (Å²) in [6, 6.07) is 16.1. The molecule has 2 rings (SSSR count). The minimum atomic E-state index is -3.58. The maximum absolute atomic E-state index is 11.6. The van der Waals surface area contributed by atoms with Crippen LogP contribution in [0.3, 0.4) is 0 Å². The second-order valence-electron chi connectivity index (χ2n) is 6.10. The molecule has 140 valence electrons. The Morgan fingerprint density at radius 1 is 1.08 bits per heavy atom. The fourth-order valence-electron chi connectivity index (χ4n) is 2.75. The van der Waals surface area contributed by atoms with Gasteiger partial charge in [-0.3, -0.25) is 4.79 Å². The molecular weight excluding hydrogens is 354 g/mol. The summed E-state index contributed by atoms with van der Waals surface area (Å²) in [5, 5.41) is 0. The summed E-state index contributed by atoms with van der Waals surface area (Å²) < 4.78 is 32.0. The van der Waals surface area contributed by atoms with Gasteiger partial charge in [-0.05, 0) is 29.7 Å². The summed E-state index contributed by atoms with van der Waals surface area (Å²) in [6.07, 6.45) is 1.73. The summed E-state index contributed by atoms with van der Waals surface area (Å²) in [6.45, 7) is 0. The number of hydrogen-bond acceptors (Lipinski definition) is 6. The lowest BCUT2D eigenvalue weighted by Gasteiger charge is -2.24. The van der Waals surface area contributed by atoms with E-state index in [1.165, 1.54) is 7.11 Å². The Hall–Kier alpha value is -2.38.